The van der Waals surface area contributed by atoms with E-state index in [4.69, 9.17) is 5.73 Å². The van der Waals surface area contributed by atoms with Gasteiger partial charge in [-0.15, -0.1) is 0 Å². The first kappa shape index (κ1) is 15.5. The van der Waals surface area contributed by atoms with Crippen molar-refractivity contribution in [2.24, 2.45) is 7.05 Å². The van der Waals surface area contributed by atoms with Crippen molar-refractivity contribution in [3.05, 3.63) is 30.2 Å². The first-order valence-corrected chi connectivity index (χ1v) is 7.95. The van der Waals surface area contributed by atoms with E-state index in [1.807, 2.05) is 25.4 Å². The summed E-state index contributed by atoms with van der Waals surface area (Å²) in [5.74, 6) is 0.726. The molecule has 0 aliphatic carbocycles. The lowest BCUT2D eigenvalue weighted by molar-refractivity contribution is 0.601. The predicted octanol–water partition coefficient (Wildman–Crippen LogP) is 3.97. The molecule has 4 heteroatoms. The number of unbranched alkanes of at least 4 members (excludes halogenated alkanes) is 5. The Hall–Kier alpha value is -1.84. The van der Waals surface area contributed by atoms with Crippen LogP contribution in [0.15, 0.2) is 24.5 Å². The van der Waals surface area contributed by atoms with Crippen LogP contribution in [0.1, 0.15) is 51.1 Å². The molecule has 0 atom stereocenters. The molecule has 2 aromatic rings. The number of aromatic nitrogens is 3. The van der Waals surface area contributed by atoms with Gasteiger partial charge in [0, 0.05) is 30.6 Å². The van der Waals surface area contributed by atoms with Gasteiger partial charge < -0.3 is 5.73 Å². The van der Waals surface area contributed by atoms with Crippen LogP contribution >= 0.6 is 0 Å². The largest absolute Gasteiger partial charge is 0.383 e. The summed E-state index contributed by atoms with van der Waals surface area (Å²) in [6, 6.07) is 3.99. The fourth-order valence-corrected chi connectivity index (χ4v) is 2.67. The Morgan fingerprint density at radius 2 is 1.90 bits per heavy atom. The number of hydrogen-bond acceptors (Lipinski definition) is 3. The molecule has 2 rings (SSSR count). The van der Waals surface area contributed by atoms with Gasteiger partial charge in [0.25, 0.3) is 0 Å². The van der Waals surface area contributed by atoms with Gasteiger partial charge >= 0.3 is 0 Å². The summed E-state index contributed by atoms with van der Waals surface area (Å²) in [5.41, 5.74) is 9.39. The average molecular weight is 286 g/mol. The Kier molecular flexibility index (Phi) is 5.78. The van der Waals surface area contributed by atoms with E-state index in [2.05, 4.69) is 17.0 Å². The van der Waals surface area contributed by atoms with Gasteiger partial charge in [-0.05, 0) is 18.9 Å². The summed E-state index contributed by atoms with van der Waals surface area (Å²) in [5, 5.41) is 4.58. The van der Waals surface area contributed by atoms with E-state index in [0.29, 0.717) is 0 Å². The van der Waals surface area contributed by atoms with Crippen LogP contribution in [-0.4, -0.2) is 14.8 Å². The molecule has 0 unspecified atom stereocenters. The Morgan fingerprint density at radius 3 is 2.62 bits per heavy atom. The fraction of sp³-hybridized carbons (Fsp3) is 0.529. The number of hydrogen-bond donors (Lipinski definition) is 1. The number of pyridine rings is 1. The summed E-state index contributed by atoms with van der Waals surface area (Å²) < 4.78 is 1.77. The van der Waals surface area contributed by atoms with Crippen LogP contribution in [-0.2, 0) is 13.5 Å². The van der Waals surface area contributed by atoms with Crippen molar-refractivity contribution in [3.63, 3.8) is 0 Å². The molecule has 21 heavy (non-hydrogen) atoms. The Labute approximate surface area is 127 Å². The second-order valence-corrected chi connectivity index (χ2v) is 5.59. The molecule has 2 N–H and O–H groups in total. The number of nitrogens with zero attached hydrogens (tertiary/aromatic N) is 3. The predicted molar refractivity (Wildman–Crippen MR) is 87.9 cm³/mol. The first-order chi connectivity index (χ1) is 10.2. The number of rotatable bonds is 8. The zero-order chi connectivity index (χ0) is 15.1. The molecule has 0 aliphatic rings. The van der Waals surface area contributed by atoms with E-state index in [-0.39, 0.29) is 0 Å². The molecular weight excluding hydrogens is 260 g/mol. The molecule has 0 aromatic carbocycles. The maximum atomic E-state index is 6.18. The van der Waals surface area contributed by atoms with Gasteiger partial charge in [0.15, 0.2) is 0 Å². The van der Waals surface area contributed by atoms with Crippen molar-refractivity contribution in [1.82, 2.24) is 14.8 Å². The minimum absolute atomic E-state index is 0.726. The van der Waals surface area contributed by atoms with E-state index in [1.54, 1.807) is 10.9 Å². The Bertz CT molecular complexity index is 545. The summed E-state index contributed by atoms with van der Waals surface area (Å²) in [6.07, 6.45) is 12.4. The molecule has 4 nitrogen and oxygen atoms in total. The van der Waals surface area contributed by atoms with Crippen LogP contribution in [0.2, 0.25) is 0 Å². The zero-order valence-corrected chi connectivity index (χ0v) is 13.2. The monoisotopic (exact) mass is 286 g/mol. The van der Waals surface area contributed by atoms with Crippen molar-refractivity contribution in [2.75, 3.05) is 5.73 Å². The highest BCUT2D eigenvalue weighted by Crippen LogP contribution is 2.29. The average Bonchev–Trinajstić information content (AvgIpc) is 2.79. The van der Waals surface area contributed by atoms with E-state index in [0.717, 1.165) is 29.1 Å². The van der Waals surface area contributed by atoms with Crippen LogP contribution in [0.25, 0.3) is 11.1 Å². The van der Waals surface area contributed by atoms with E-state index < -0.39 is 0 Å². The molecule has 114 valence electrons. The lowest BCUT2D eigenvalue weighted by atomic mass is 10.0. The van der Waals surface area contributed by atoms with Crippen molar-refractivity contribution in [1.29, 1.82) is 0 Å². The third-order valence-electron chi connectivity index (χ3n) is 3.88. The van der Waals surface area contributed by atoms with Gasteiger partial charge in [-0.1, -0.05) is 45.1 Å². The van der Waals surface area contributed by atoms with Crippen LogP contribution < -0.4 is 5.73 Å². The first-order valence-electron chi connectivity index (χ1n) is 7.95. The van der Waals surface area contributed by atoms with Crippen molar-refractivity contribution >= 4 is 5.82 Å². The standard InChI is InChI=1S/C17H26N4/c1-3-4-5-6-7-8-11-15-16(17(18)21(2)20-15)14-10-9-12-19-13-14/h9-10,12-13H,3-8,11,18H2,1-2H3. The normalized spacial score (nSPS) is 11.0. The molecule has 0 aliphatic heterocycles. The topological polar surface area (TPSA) is 56.7 Å². The van der Waals surface area contributed by atoms with Gasteiger partial charge in [0.05, 0.1) is 5.69 Å². The van der Waals surface area contributed by atoms with Gasteiger partial charge in [-0.3, -0.25) is 9.67 Å². The second-order valence-electron chi connectivity index (χ2n) is 5.59. The minimum atomic E-state index is 0.726. The molecule has 0 fully saturated rings. The van der Waals surface area contributed by atoms with Crippen molar-refractivity contribution in [2.45, 2.75) is 51.9 Å². The highest BCUT2D eigenvalue weighted by atomic mass is 15.3. The molecule has 0 amide bonds. The molecule has 0 bridgehead atoms. The van der Waals surface area contributed by atoms with Crippen LogP contribution in [0, 0.1) is 0 Å². The number of nitrogen functional groups attached to an aromatic ring is 1. The molecule has 0 saturated carbocycles. The van der Waals surface area contributed by atoms with Gasteiger partial charge in [0.2, 0.25) is 0 Å². The Balaban J connectivity index is 2.01. The minimum Gasteiger partial charge on any atom is -0.383 e. The van der Waals surface area contributed by atoms with E-state index >= 15 is 0 Å². The van der Waals surface area contributed by atoms with Crippen LogP contribution in [0.5, 0.6) is 0 Å². The van der Waals surface area contributed by atoms with Crippen molar-refractivity contribution < 1.29 is 0 Å². The van der Waals surface area contributed by atoms with Gasteiger partial charge in [0.1, 0.15) is 5.82 Å². The molecule has 2 heterocycles. The lowest BCUT2D eigenvalue weighted by Crippen LogP contribution is -1.98. The summed E-state index contributed by atoms with van der Waals surface area (Å²) in [6.45, 7) is 2.25. The molecule has 0 radical (unpaired) electrons. The van der Waals surface area contributed by atoms with Crippen LogP contribution in [0.3, 0.4) is 0 Å². The summed E-state index contributed by atoms with van der Waals surface area (Å²) in [4.78, 5) is 4.19. The number of aryl methyl sites for hydroxylation is 2. The van der Waals surface area contributed by atoms with Crippen molar-refractivity contribution in [3.8, 4) is 11.1 Å². The van der Waals surface area contributed by atoms with E-state index in [9.17, 15) is 0 Å². The zero-order valence-electron chi connectivity index (χ0n) is 13.2. The van der Waals surface area contributed by atoms with Gasteiger partial charge in [-0.2, -0.15) is 5.10 Å². The lowest BCUT2D eigenvalue weighted by Gasteiger charge is -2.04. The maximum absolute atomic E-state index is 6.18. The van der Waals surface area contributed by atoms with Crippen LogP contribution in [0.4, 0.5) is 5.82 Å². The molecule has 2 aromatic heterocycles. The quantitative estimate of drug-likeness (QED) is 0.747. The summed E-state index contributed by atoms with van der Waals surface area (Å²) >= 11 is 0. The Morgan fingerprint density at radius 1 is 1.14 bits per heavy atom. The highest BCUT2D eigenvalue weighted by Gasteiger charge is 2.15. The van der Waals surface area contributed by atoms with Gasteiger partial charge in [-0.25, -0.2) is 0 Å². The van der Waals surface area contributed by atoms with E-state index in [1.165, 1.54) is 38.5 Å². The SMILES string of the molecule is CCCCCCCCc1nn(C)c(N)c1-c1cccnc1. The summed E-state index contributed by atoms with van der Waals surface area (Å²) in [7, 11) is 1.90. The number of anilines is 1. The molecular formula is C17H26N4. The fourth-order valence-electron chi connectivity index (χ4n) is 2.67. The number of nitrogens with two attached hydrogens (primary N) is 1. The third kappa shape index (κ3) is 4.06. The third-order valence-corrected chi connectivity index (χ3v) is 3.88. The smallest absolute Gasteiger partial charge is 0.129 e. The second kappa shape index (κ2) is 7.81. The maximum Gasteiger partial charge on any atom is 0.129 e. The molecule has 0 spiro atoms. The highest BCUT2D eigenvalue weighted by molar-refractivity contribution is 5.76. The molecule has 0 saturated heterocycles.